The van der Waals surface area contributed by atoms with E-state index in [0.717, 1.165) is 13.1 Å². The highest BCUT2D eigenvalue weighted by Crippen LogP contribution is 2.32. The van der Waals surface area contributed by atoms with Crippen LogP contribution < -0.4 is 20.3 Å². The Labute approximate surface area is 150 Å². The van der Waals surface area contributed by atoms with Crippen LogP contribution in [0, 0.1) is 5.82 Å². The first-order valence-corrected chi connectivity index (χ1v) is 8.37. The zero-order chi connectivity index (χ0) is 17.8. The summed E-state index contributed by atoms with van der Waals surface area (Å²) in [5.41, 5.74) is 0.702. The number of anilines is 2. The third-order valence-corrected chi connectivity index (χ3v) is 4.40. The summed E-state index contributed by atoms with van der Waals surface area (Å²) in [7, 11) is 1.51. The van der Waals surface area contributed by atoms with E-state index in [4.69, 9.17) is 16.3 Å². The van der Waals surface area contributed by atoms with Crippen molar-refractivity contribution in [1.29, 1.82) is 0 Å². The quantitative estimate of drug-likeness (QED) is 0.876. The first-order chi connectivity index (χ1) is 12.1. The number of ether oxygens (including phenoxy) is 1. The number of benzene rings is 2. The van der Waals surface area contributed by atoms with Crippen molar-refractivity contribution in [3.63, 3.8) is 0 Å². The Morgan fingerprint density at radius 1 is 1.24 bits per heavy atom. The molecule has 5 nitrogen and oxygen atoms in total. The molecule has 1 aliphatic heterocycles. The van der Waals surface area contributed by atoms with Crippen molar-refractivity contribution in [2.75, 3.05) is 43.5 Å². The number of carbonyl (C=O) groups excluding carboxylic acids is 1. The molecule has 0 aromatic heterocycles. The largest absolute Gasteiger partial charge is 0.495 e. The van der Waals surface area contributed by atoms with Crippen molar-refractivity contribution in [3.8, 4) is 5.75 Å². The minimum atomic E-state index is -0.609. The lowest BCUT2D eigenvalue weighted by Crippen LogP contribution is -2.44. The number of hydrogen-bond acceptors (Lipinski definition) is 4. The molecule has 0 spiro atoms. The zero-order valence-corrected chi connectivity index (χ0v) is 14.6. The fourth-order valence-electron chi connectivity index (χ4n) is 2.83. The van der Waals surface area contributed by atoms with Crippen molar-refractivity contribution >= 4 is 28.9 Å². The van der Waals surface area contributed by atoms with Crippen LogP contribution in [0.3, 0.4) is 0 Å². The van der Waals surface area contributed by atoms with Crippen LogP contribution in [0.2, 0.25) is 5.02 Å². The lowest BCUT2D eigenvalue weighted by atomic mass is 10.1. The van der Waals surface area contributed by atoms with Crippen molar-refractivity contribution in [3.05, 3.63) is 52.8 Å². The molecule has 2 aromatic carbocycles. The lowest BCUT2D eigenvalue weighted by molar-refractivity contribution is 0.102. The molecule has 2 aromatic rings. The van der Waals surface area contributed by atoms with Crippen LogP contribution in [-0.2, 0) is 0 Å². The minimum Gasteiger partial charge on any atom is -0.495 e. The zero-order valence-electron chi connectivity index (χ0n) is 13.8. The molecule has 25 heavy (non-hydrogen) atoms. The van der Waals surface area contributed by atoms with Gasteiger partial charge in [-0.05, 0) is 24.3 Å². The van der Waals surface area contributed by atoms with Crippen LogP contribution in [0.4, 0.5) is 15.8 Å². The van der Waals surface area contributed by atoms with E-state index in [9.17, 15) is 4.79 Å². The van der Waals surface area contributed by atoms with Gasteiger partial charge in [0.05, 0.1) is 29.1 Å². The molecule has 0 saturated carbocycles. The molecule has 0 bridgehead atoms. The van der Waals surface area contributed by atoms with E-state index >= 15 is 4.39 Å². The van der Waals surface area contributed by atoms with E-state index in [-0.39, 0.29) is 11.3 Å². The summed E-state index contributed by atoms with van der Waals surface area (Å²) in [4.78, 5) is 14.4. The summed E-state index contributed by atoms with van der Waals surface area (Å²) in [5, 5.41) is 6.20. The molecule has 1 saturated heterocycles. The topological polar surface area (TPSA) is 53.6 Å². The van der Waals surface area contributed by atoms with Gasteiger partial charge in [-0.2, -0.15) is 0 Å². The molecule has 2 N–H and O–H groups in total. The SMILES string of the molecule is COc1ccccc1NC(=O)c1ccc(Cl)c(N2CCNCC2)c1F. The van der Waals surface area contributed by atoms with Crippen LogP contribution in [0.25, 0.3) is 0 Å². The van der Waals surface area contributed by atoms with Gasteiger partial charge in [-0.1, -0.05) is 23.7 Å². The third-order valence-electron chi connectivity index (χ3n) is 4.10. The number of amides is 1. The van der Waals surface area contributed by atoms with E-state index in [1.54, 1.807) is 30.3 Å². The van der Waals surface area contributed by atoms with Gasteiger partial charge >= 0.3 is 0 Å². The fourth-order valence-corrected chi connectivity index (χ4v) is 3.10. The molecule has 1 amide bonds. The number of hydrogen-bond donors (Lipinski definition) is 2. The van der Waals surface area contributed by atoms with Gasteiger partial charge in [0.1, 0.15) is 5.75 Å². The first-order valence-electron chi connectivity index (χ1n) is 8.00. The van der Waals surface area contributed by atoms with E-state index in [1.807, 2.05) is 4.90 Å². The van der Waals surface area contributed by atoms with Gasteiger partial charge in [-0.3, -0.25) is 4.79 Å². The number of rotatable bonds is 4. The summed E-state index contributed by atoms with van der Waals surface area (Å²) in [6, 6.07) is 9.93. The van der Waals surface area contributed by atoms with Crippen LogP contribution >= 0.6 is 11.6 Å². The average molecular weight is 364 g/mol. The second kappa shape index (κ2) is 7.72. The van der Waals surface area contributed by atoms with E-state index < -0.39 is 11.7 Å². The number of piperazine rings is 1. The van der Waals surface area contributed by atoms with Crippen molar-refractivity contribution in [1.82, 2.24) is 5.32 Å². The van der Waals surface area contributed by atoms with Gasteiger partial charge in [0.15, 0.2) is 5.82 Å². The normalized spacial score (nSPS) is 14.3. The summed E-state index contributed by atoms with van der Waals surface area (Å²) in [6.45, 7) is 2.75. The van der Waals surface area contributed by atoms with Gasteiger partial charge in [-0.25, -0.2) is 4.39 Å². The maximum atomic E-state index is 15.0. The minimum absolute atomic E-state index is 0.0520. The van der Waals surface area contributed by atoms with E-state index in [1.165, 1.54) is 13.2 Å². The molecular weight excluding hydrogens is 345 g/mol. The van der Waals surface area contributed by atoms with Crippen LogP contribution in [-0.4, -0.2) is 39.2 Å². The fraction of sp³-hybridized carbons (Fsp3) is 0.278. The van der Waals surface area contributed by atoms with E-state index in [0.29, 0.717) is 29.5 Å². The molecule has 0 radical (unpaired) electrons. The predicted molar refractivity (Wildman–Crippen MR) is 97.4 cm³/mol. The molecular formula is C18H19ClFN3O2. The smallest absolute Gasteiger partial charge is 0.258 e. The van der Waals surface area contributed by atoms with Crippen LogP contribution in [0.15, 0.2) is 36.4 Å². The molecule has 1 heterocycles. The summed E-state index contributed by atoms with van der Waals surface area (Å²) in [5.74, 6) is -0.649. The molecule has 7 heteroatoms. The maximum Gasteiger partial charge on any atom is 0.258 e. The molecule has 1 aliphatic rings. The number of nitrogens with one attached hydrogen (secondary N) is 2. The Morgan fingerprint density at radius 3 is 2.68 bits per heavy atom. The van der Waals surface area contributed by atoms with Gasteiger partial charge < -0.3 is 20.3 Å². The number of methoxy groups -OCH3 is 1. The molecule has 132 valence electrons. The number of halogens is 2. The Kier molecular flexibility index (Phi) is 5.40. The Balaban J connectivity index is 1.90. The number of para-hydroxylation sites is 2. The number of nitrogens with zero attached hydrogens (tertiary/aromatic N) is 1. The second-order valence-corrected chi connectivity index (χ2v) is 6.06. The predicted octanol–water partition coefficient (Wildman–Crippen LogP) is 3.15. The molecule has 0 aliphatic carbocycles. The highest BCUT2D eigenvalue weighted by molar-refractivity contribution is 6.33. The Bertz CT molecular complexity index is 779. The lowest BCUT2D eigenvalue weighted by Gasteiger charge is -2.30. The Hall–Kier alpha value is -2.31. The Morgan fingerprint density at radius 2 is 1.96 bits per heavy atom. The monoisotopic (exact) mass is 363 g/mol. The van der Waals surface area contributed by atoms with E-state index in [2.05, 4.69) is 10.6 Å². The van der Waals surface area contributed by atoms with Gasteiger partial charge in [0.2, 0.25) is 0 Å². The van der Waals surface area contributed by atoms with Gasteiger partial charge in [-0.15, -0.1) is 0 Å². The summed E-state index contributed by atoms with van der Waals surface area (Å²) < 4.78 is 20.2. The first kappa shape index (κ1) is 17.5. The summed E-state index contributed by atoms with van der Waals surface area (Å²) >= 11 is 6.19. The van der Waals surface area contributed by atoms with Crippen molar-refractivity contribution in [2.24, 2.45) is 0 Å². The highest BCUT2D eigenvalue weighted by atomic mass is 35.5. The molecule has 0 unspecified atom stereocenters. The second-order valence-electron chi connectivity index (χ2n) is 5.65. The molecule has 3 rings (SSSR count). The third kappa shape index (κ3) is 3.70. The standard InChI is InChI=1S/C18H19ClFN3O2/c1-25-15-5-3-2-4-14(15)22-18(24)12-6-7-13(19)17(16(12)20)23-10-8-21-9-11-23/h2-7,21H,8-11H2,1H3,(H,22,24). The summed E-state index contributed by atoms with van der Waals surface area (Å²) in [6.07, 6.45) is 0. The van der Waals surface area contributed by atoms with Crippen LogP contribution in [0.1, 0.15) is 10.4 Å². The maximum absolute atomic E-state index is 15.0. The average Bonchev–Trinajstić information content (AvgIpc) is 2.63. The van der Waals surface area contributed by atoms with Crippen molar-refractivity contribution in [2.45, 2.75) is 0 Å². The highest BCUT2D eigenvalue weighted by Gasteiger charge is 2.23. The van der Waals surface area contributed by atoms with Crippen molar-refractivity contribution < 1.29 is 13.9 Å². The number of carbonyl (C=O) groups is 1. The molecule has 1 fully saturated rings. The van der Waals surface area contributed by atoms with Crippen LogP contribution in [0.5, 0.6) is 5.75 Å². The van der Waals surface area contributed by atoms with Gasteiger partial charge in [0.25, 0.3) is 5.91 Å². The van der Waals surface area contributed by atoms with Gasteiger partial charge in [0, 0.05) is 26.2 Å². The molecule has 0 atom stereocenters.